The molecule has 4 atom stereocenters. The molecule has 4 rings (SSSR count). The van der Waals surface area contributed by atoms with E-state index in [-0.39, 0.29) is 30.1 Å². The van der Waals surface area contributed by atoms with E-state index < -0.39 is 36.1 Å². The smallest absolute Gasteiger partial charge is 0.305 e. The molecule has 12 nitrogen and oxygen atoms in total. The van der Waals surface area contributed by atoms with Gasteiger partial charge in [0.2, 0.25) is 5.95 Å². The number of carbonyl (C=O) groups is 1. The Bertz CT molecular complexity index is 1080. The van der Waals surface area contributed by atoms with Gasteiger partial charge < -0.3 is 30.4 Å². The standard InChI is InChI=1S/C18H22N6O6/c19-18-22-15-12(16(28)23-18)21-8-24(15)17-14(27)13(26)10(30-17)7-29-11(25)3-1-2-9-4-5-20-6-9/h4-6,8,10,13-14,17,20,26-27H,1-3,7H2,(H3,19,22,23,28)/t10-,13?,14+,17-/m1/s1. The van der Waals surface area contributed by atoms with E-state index in [1.807, 2.05) is 18.5 Å². The van der Waals surface area contributed by atoms with Gasteiger partial charge in [0, 0.05) is 18.8 Å². The molecule has 3 aromatic rings. The van der Waals surface area contributed by atoms with Gasteiger partial charge in [-0.05, 0) is 24.5 Å². The summed E-state index contributed by atoms with van der Waals surface area (Å²) >= 11 is 0. The quantitative estimate of drug-likeness (QED) is 0.307. The molecular weight excluding hydrogens is 396 g/mol. The average molecular weight is 418 g/mol. The lowest BCUT2D eigenvalue weighted by molar-refractivity contribution is -0.150. The largest absolute Gasteiger partial charge is 0.463 e. The number of imidazole rings is 1. The Morgan fingerprint density at radius 2 is 2.20 bits per heavy atom. The Morgan fingerprint density at radius 1 is 1.37 bits per heavy atom. The van der Waals surface area contributed by atoms with E-state index in [4.69, 9.17) is 15.2 Å². The fourth-order valence-corrected chi connectivity index (χ4v) is 3.42. The first-order valence-electron chi connectivity index (χ1n) is 9.45. The summed E-state index contributed by atoms with van der Waals surface area (Å²) in [6.45, 7) is -0.222. The molecule has 1 aliphatic rings. The molecule has 1 saturated heterocycles. The molecule has 4 heterocycles. The first-order chi connectivity index (χ1) is 14.4. The number of esters is 1. The summed E-state index contributed by atoms with van der Waals surface area (Å²) in [4.78, 5) is 37.1. The molecule has 3 aromatic heterocycles. The van der Waals surface area contributed by atoms with Crippen LogP contribution in [0.15, 0.2) is 29.6 Å². The number of anilines is 1. The van der Waals surface area contributed by atoms with Gasteiger partial charge in [-0.2, -0.15) is 4.98 Å². The van der Waals surface area contributed by atoms with Gasteiger partial charge in [-0.3, -0.25) is 19.1 Å². The zero-order valence-electron chi connectivity index (χ0n) is 15.9. The molecular formula is C18H22N6O6. The van der Waals surface area contributed by atoms with E-state index in [9.17, 15) is 19.8 Å². The Kier molecular flexibility index (Phi) is 5.53. The van der Waals surface area contributed by atoms with E-state index >= 15 is 0 Å². The topological polar surface area (TPSA) is 181 Å². The summed E-state index contributed by atoms with van der Waals surface area (Å²) in [6.07, 6.45) is 1.86. The van der Waals surface area contributed by atoms with E-state index in [1.165, 1.54) is 10.9 Å². The van der Waals surface area contributed by atoms with Crippen molar-refractivity contribution in [3.8, 4) is 0 Å². The Balaban J connectivity index is 1.36. The third-order valence-electron chi connectivity index (χ3n) is 4.98. The summed E-state index contributed by atoms with van der Waals surface area (Å²) in [5.74, 6) is -0.541. The highest BCUT2D eigenvalue weighted by atomic mass is 16.6. The van der Waals surface area contributed by atoms with Crippen molar-refractivity contribution in [1.82, 2.24) is 24.5 Å². The van der Waals surface area contributed by atoms with Crippen LogP contribution in [0.3, 0.4) is 0 Å². The maximum Gasteiger partial charge on any atom is 0.305 e. The predicted molar refractivity (Wildman–Crippen MR) is 103 cm³/mol. The number of nitrogens with two attached hydrogens (primary N) is 1. The molecule has 0 saturated carbocycles. The van der Waals surface area contributed by atoms with Crippen LogP contribution in [0.4, 0.5) is 5.95 Å². The fourth-order valence-electron chi connectivity index (χ4n) is 3.42. The number of aliphatic hydroxyl groups excluding tert-OH is 2. The summed E-state index contributed by atoms with van der Waals surface area (Å²) in [7, 11) is 0. The van der Waals surface area contributed by atoms with E-state index in [1.54, 1.807) is 0 Å². The number of nitrogens with zero attached hydrogens (tertiary/aromatic N) is 3. The molecule has 1 aliphatic heterocycles. The summed E-state index contributed by atoms with van der Waals surface area (Å²) < 4.78 is 12.2. The molecule has 160 valence electrons. The average Bonchev–Trinajstić information content (AvgIpc) is 3.42. The molecule has 0 spiro atoms. The number of hydrogen-bond acceptors (Lipinski definition) is 9. The van der Waals surface area contributed by atoms with Crippen molar-refractivity contribution in [3.05, 3.63) is 40.7 Å². The number of nitrogens with one attached hydrogen (secondary N) is 2. The van der Waals surface area contributed by atoms with Crippen molar-refractivity contribution in [2.45, 2.75) is 43.8 Å². The number of nitrogen functional groups attached to an aromatic ring is 1. The molecule has 0 bridgehead atoms. The molecule has 0 amide bonds. The second-order valence-corrected chi connectivity index (χ2v) is 7.08. The molecule has 6 N–H and O–H groups in total. The van der Waals surface area contributed by atoms with Crippen LogP contribution in [0.5, 0.6) is 0 Å². The van der Waals surface area contributed by atoms with Crippen molar-refractivity contribution < 1.29 is 24.5 Å². The van der Waals surface area contributed by atoms with Crippen LogP contribution in [-0.4, -0.2) is 65.6 Å². The number of hydrogen-bond donors (Lipinski definition) is 5. The van der Waals surface area contributed by atoms with Gasteiger partial charge in [-0.1, -0.05) is 0 Å². The number of fused-ring (bicyclic) bond motifs is 1. The predicted octanol–water partition coefficient (Wildman–Crippen LogP) is -0.785. The van der Waals surface area contributed by atoms with Gasteiger partial charge in [0.25, 0.3) is 5.56 Å². The molecule has 1 fully saturated rings. The van der Waals surface area contributed by atoms with Crippen LogP contribution < -0.4 is 11.3 Å². The third kappa shape index (κ3) is 3.92. The summed E-state index contributed by atoms with van der Waals surface area (Å²) in [6, 6.07) is 1.94. The maximum atomic E-state index is 12.0. The van der Waals surface area contributed by atoms with Crippen LogP contribution >= 0.6 is 0 Å². The van der Waals surface area contributed by atoms with E-state index in [0.29, 0.717) is 6.42 Å². The Hall–Kier alpha value is -3.22. The third-order valence-corrected chi connectivity index (χ3v) is 4.98. The van der Waals surface area contributed by atoms with Gasteiger partial charge >= 0.3 is 5.97 Å². The van der Waals surface area contributed by atoms with Crippen molar-refractivity contribution in [2.75, 3.05) is 12.3 Å². The van der Waals surface area contributed by atoms with Crippen LogP contribution in [0.1, 0.15) is 24.6 Å². The highest BCUT2D eigenvalue weighted by Gasteiger charge is 2.45. The van der Waals surface area contributed by atoms with Gasteiger partial charge in [-0.15, -0.1) is 0 Å². The minimum absolute atomic E-state index is 0.0202. The number of ether oxygens (including phenoxy) is 2. The van der Waals surface area contributed by atoms with E-state index in [2.05, 4.69) is 19.9 Å². The van der Waals surface area contributed by atoms with Gasteiger partial charge in [-0.25, -0.2) is 4.98 Å². The molecule has 1 unspecified atom stereocenters. The van der Waals surface area contributed by atoms with E-state index in [0.717, 1.165) is 12.0 Å². The summed E-state index contributed by atoms with van der Waals surface area (Å²) in [5.41, 5.74) is 6.27. The number of carbonyl (C=O) groups excluding carboxylic acids is 1. The summed E-state index contributed by atoms with van der Waals surface area (Å²) in [5, 5.41) is 20.7. The van der Waals surface area contributed by atoms with Crippen LogP contribution in [0.2, 0.25) is 0 Å². The van der Waals surface area contributed by atoms with Gasteiger partial charge in [0.15, 0.2) is 17.4 Å². The second kappa shape index (κ2) is 8.26. The van der Waals surface area contributed by atoms with Crippen LogP contribution in [0, 0.1) is 0 Å². The minimum atomic E-state index is -1.35. The minimum Gasteiger partial charge on any atom is -0.463 e. The lowest BCUT2D eigenvalue weighted by Crippen LogP contribution is -2.34. The zero-order valence-corrected chi connectivity index (χ0v) is 15.9. The maximum absolute atomic E-state index is 12.0. The van der Waals surface area contributed by atoms with Crippen LogP contribution in [0.25, 0.3) is 11.2 Å². The highest BCUT2D eigenvalue weighted by molar-refractivity contribution is 5.70. The highest BCUT2D eigenvalue weighted by Crippen LogP contribution is 2.31. The van der Waals surface area contributed by atoms with Gasteiger partial charge in [0.1, 0.15) is 24.9 Å². The first-order valence-corrected chi connectivity index (χ1v) is 9.45. The molecule has 0 aliphatic carbocycles. The number of aromatic nitrogens is 5. The van der Waals surface area contributed by atoms with Gasteiger partial charge in [0.05, 0.1) is 6.33 Å². The van der Waals surface area contributed by atoms with Crippen molar-refractivity contribution in [2.24, 2.45) is 0 Å². The lowest BCUT2D eigenvalue weighted by Gasteiger charge is -2.16. The lowest BCUT2D eigenvalue weighted by atomic mass is 10.1. The number of H-pyrrole nitrogens is 2. The van der Waals surface area contributed by atoms with Crippen molar-refractivity contribution in [1.29, 1.82) is 0 Å². The molecule has 30 heavy (non-hydrogen) atoms. The molecule has 0 radical (unpaired) electrons. The Morgan fingerprint density at radius 3 is 2.97 bits per heavy atom. The van der Waals surface area contributed by atoms with Crippen molar-refractivity contribution >= 4 is 23.1 Å². The van der Waals surface area contributed by atoms with Crippen molar-refractivity contribution in [3.63, 3.8) is 0 Å². The number of aromatic amines is 2. The number of aliphatic hydroxyl groups is 2. The first kappa shape index (κ1) is 20.1. The fraction of sp³-hybridized carbons (Fsp3) is 0.444. The monoisotopic (exact) mass is 418 g/mol. The molecule has 0 aromatic carbocycles. The zero-order chi connectivity index (χ0) is 21.3. The van der Waals surface area contributed by atoms with Crippen LogP contribution in [-0.2, 0) is 20.7 Å². The number of rotatable bonds is 7. The Labute approximate surface area is 169 Å². The molecule has 12 heteroatoms. The number of aryl methyl sites for hydroxylation is 1. The normalized spacial score (nSPS) is 23.8. The second-order valence-electron chi connectivity index (χ2n) is 7.08. The SMILES string of the molecule is Nc1nc2c(ncn2[C@@H]2O[C@H](COC(=O)CCCc3cc[nH]c3)C(O)[C@@H]2O)c(=O)[nH]1.